The Labute approximate surface area is 106 Å². The van der Waals surface area contributed by atoms with E-state index in [1.807, 2.05) is 0 Å². The minimum Gasteiger partial charge on any atom is -0.378 e. The van der Waals surface area contributed by atoms with E-state index in [4.69, 9.17) is 4.74 Å². The van der Waals surface area contributed by atoms with Gasteiger partial charge in [-0.05, 0) is 39.2 Å². The van der Waals surface area contributed by atoms with Crippen molar-refractivity contribution < 1.29 is 4.74 Å². The standard InChI is InChI=1S/C14H28N2O/c1-11(2)15-9-12-5-6-13(12)16-7-8-17-10-14(16,3)4/h11-13,15H,5-10H2,1-4H3. The van der Waals surface area contributed by atoms with E-state index < -0.39 is 0 Å². The van der Waals surface area contributed by atoms with E-state index in [0.717, 1.165) is 31.7 Å². The summed E-state index contributed by atoms with van der Waals surface area (Å²) in [4.78, 5) is 2.69. The zero-order valence-corrected chi connectivity index (χ0v) is 11.8. The summed E-state index contributed by atoms with van der Waals surface area (Å²) in [5.74, 6) is 0.842. The van der Waals surface area contributed by atoms with Gasteiger partial charge < -0.3 is 10.1 Å². The van der Waals surface area contributed by atoms with E-state index in [0.29, 0.717) is 6.04 Å². The molecule has 2 atom stereocenters. The molecule has 1 N–H and O–H groups in total. The van der Waals surface area contributed by atoms with Crippen molar-refractivity contribution in [2.75, 3.05) is 26.3 Å². The molecule has 0 aromatic rings. The molecule has 1 aliphatic carbocycles. The summed E-state index contributed by atoms with van der Waals surface area (Å²) in [6, 6.07) is 1.38. The predicted molar refractivity (Wildman–Crippen MR) is 71.3 cm³/mol. The van der Waals surface area contributed by atoms with Gasteiger partial charge in [-0.1, -0.05) is 13.8 Å². The Hall–Kier alpha value is -0.120. The maximum atomic E-state index is 5.61. The molecule has 0 amide bonds. The summed E-state index contributed by atoms with van der Waals surface area (Å²) in [6.45, 7) is 13.2. The number of hydrogen-bond acceptors (Lipinski definition) is 3. The van der Waals surface area contributed by atoms with Crippen LogP contribution in [0.3, 0.4) is 0 Å². The van der Waals surface area contributed by atoms with Crippen LogP contribution in [0.2, 0.25) is 0 Å². The van der Waals surface area contributed by atoms with Gasteiger partial charge in [0.2, 0.25) is 0 Å². The number of hydrogen-bond donors (Lipinski definition) is 1. The highest BCUT2D eigenvalue weighted by Gasteiger charge is 2.42. The fourth-order valence-corrected chi connectivity index (χ4v) is 3.07. The summed E-state index contributed by atoms with van der Waals surface area (Å²) in [6.07, 6.45) is 2.76. The molecule has 0 aromatic heterocycles. The lowest BCUT2D eigenvalue weighted by molar-refractivity contribution is -0.103. The van der Waals surface area contributed by atoms with Crippen LogP contribution in [-0.4, -0.2) is 48.8 Å². The number of ether oxygens (including phenoxy) is 1. The van der Waals surface area contributed by atoms with Crippen molar-refractivity contribution in [3.8, 4) is 0 Å². The van der Waals surface area contributed by atoms with Crippen LogP contribution >= 0.6 is 0 Å². The third-order valence-corrected chi connectivity index (χ3v) is 4.28. The fraction of sp³-hybridized carbons (Fsp3) is 1.00. The Morgan fingerprint density at radius 3 is 2.65 bits per heavy atom. The minimum atomic E-state index is 0.222. The van der Waals surface area contributed by atoms with Gasteiger partial charge in [0.15, 0.2) is 0 Å². The molecule has 3 heteroatoms. The van der Waals surface area contributed by atoms with Crippen molar-refractivity contribution >= 4 is 0 Å². The number of nitrogens with one attached hydrogen (secondary N) is 1. The van der Waals surface area contributed by atoms with Crippen LogP contribution in [-0.2, 0) is 4.74 Å². The molecule has 1 saturated heterocycles. The fourth-order valence-electron chi connectivity index (χ4n) is 3.07. The molecule has 0 aromatic carbocycles. The first kappa shape index (κ1) is 13.3. The van der Waals surface area contributed by atoms with E-state index >= 15 is 0 Å². The summed E-state index contributed by atoms with van der Waals surface area (Å²) >= 11 is 0. The first-order valence-electron chi connectivity index (χ1n) is 7.08. The van der Waals surface area contributed by atoms with Gasteiger partial charge in [0.1, 0.15) is 0 Å². The third-order valence-electron chi connectivity index (χ3n) is 4.28. The smallest absolute Gasteiger partial charge is 0.0645 e. The van der Waals surface area contributed by atoms with Crippen LogP contribution in [0.25, 0.3) is 0 Å². The largest absolute Gasteiger partial charge is 0.378 e. The molecular formula is C14H28N2O. The number of morpholine rings is 1. The van der Waals surface area contributed by atoms with E-state index in [1.165, 1.54) is 19.4 Å². The summed E-state index contributed by atoms with van der Waals surface area (Å²) in [7, 11) is 0. The van der Waals surface area contributed by atoms with Gasteiger partial charge in [-0.2, -0.15) is 0 Å². The molecule has 0 bridgehead atoms. The second-order valence-electron chi connectivity index (χ2n) is 6.53. The Bertz CT molecular complexity index is 253. The molecule has 2 fully saturated rings. The lowest BCUT2D eigenvalue weighted by Crippen LogP contribution is -2.62. The van der Waals surface area contributed by atoms with Crippen LogP contribution in [0.4, 0.5) is 0 Å². The maximum absolute atomic E-state index is 5.61. The third kappa shape index (κ3) is 3.01. The minimum absolute atomic E-state index is 0.222. The van der Waals surface area contributed by atoms with Gasteiger partial charge in [-0.3, -0.25) is 4.90 Å². The van der Waals surface area contributed by atoms with Crippen LogP contribution in [0.15, 0.2) is 0 Å². The average Bonchev–Trinajstić information content (AvgIpc) is 2.19. The molecular weight excluding hydrogens is 212 g/mol. The molecule has 0 radical (unpaired) electrons. The van der Waals surface area contributed by atoms with Crippen molar-refractivity contribution in [2.24, 2.45) is 5.92 Å². The maximum Gasteiger partial charge on any atom is 0.0645 e. The second-order valence-corrected chi connectivity index (χ2v) is 6.53. The molecule has 2 rings (SSSR count). The van der Waals surface area contributed by atoms with E-state index in [9.17, 15) is 0 Å². The van der Waals surface area contributed by atoms with E-state index in [1.54, 1.807) is 0 Å². The molecule has 2 aliphatic rings. The van der Waals surface area contributed by atoms with Gasteiger partial charge in [-0.15, -0.1) is 0 Å². The Balaban J connectivity index is 1.88. The summed E-state index contributed by atoms with van der Waals surface area (Å²) < 4.78 is 5.61. The zero-order valence-electron chi connectivity index (χ0n) is 11.8. The molecule has 2 unspecified atom stereocenters. The monoisotopic (exact) mass is 240 g/mol. The molecule has 100 valence electrons. The zero-order chi connectivity index (χ0) is 12.5. The lowest BCUT2D eigenvalue weighted by Gasteiger charge is -2.53. The van der Waals surface area contributed by atoms with Crippen LogP contribution in [0.1, 0.15) is 40.5 Å². The summed E-state index contributed by atoms with van der Waals surface area (Å²) in [5.41, 5.74) is 0.222. The highest BCUT2D eigenvalue weighted by Crippen LogP contribution is 2.36. The highest BCUT2D eigenvalue weighted by molar-refractivity contribution is 4.97. The van der Waals surface area contributed by atoms with Crippen molar-refractivity contribution in [3.05, 3.63) is 0 Å². The van der Waals surface area contributed by atoms with Crippen LogP contribution in [0.5, 0.6) is 0 Å². The number of nitrogens with zero attached hydrogens (tertiary/aromatic N) is 1. The normalized spacial score (nSPS) is 33.7. The number of rotatable bonds is 4. The van der Waals surface area contributed by atoms with Gasteiger partial charge in [0, 0.05) is 24.2 Å². The van der Waals surface area contributed by atoms with Crippen molar-refractivity contribution in [1.29, 1.82) is 0 Å². The van der Waals surface area contributed by atoms with Gasteiger partial charge in [0.05, 0.1) is 13.2 Å². The Morgan fingerprint density at radius 2 is 2.12 bits per heavy atom. The average molecular weight is 240 g/mol. The van der Waals surface area contributed by atoms with E-state index in [-0.39, 0.29) is 5.54 Å². The molecule has 3 nitrogen and oxygen atoms in total. The topological polar surface area (TPSA) is 24.5 Å². The first-order chi connectivity index (χ1) is 8.00. The Morgan fingerprint density at radius 1 is 1.35 bits per heavy atom. The molecule has 0 spiro atoms. The lowest BCUT2D eigenvalue weighted by atomic mass is 9.76. The van der Waals surface area contributed by atoms with Crippen molar-refractivity contribution in [3.63, 3.8) is 0 Å². The predicted octanol–water partition coefficient (Wildman–Crippen LogP) is 1.87. The quantitative estimate of drug-likeness (QED) is 0.812. The van der Waals surface area contributed by atoms with Crippen molar-refractivity contribution in [2.45, 2.75) is 58.2 Å². The van der Waals surface area contributed by atoms with Crippen LogP contribution < -0.4 is 5.32 Å². The molecule has 1 saturated carbocycles. The molecule has 17 heavy (non-hydrogen) atoms. The highest BCUT2D eigenvalue weighted by atomic mass is 16.5. The van der Waals surface area contributed by atoms with Crippen LogP contribution in [0, 0.1) is 5.92 Å². The first-order valence-corrected chi connectivity index (χ1v) is 7.08. The molecule has 1 aliphatic heterocycles. The van der Waals surface area contributed by atoms with E-state index in [2.05, 4.69) is 37.9 Å². The van der Waals surface area contributed by atoms with Gasteiger partial charge in [-0.25, -0.2) is 0 Å². The Kier molecular flexibility index (Phi) is 4.11. The molecule has 1 heterocycles. The van der Waals surface area contributed by atoms with Crippen molar-refractivity contribution in [1.82, 2.24) is 10.2 Å². The van der Waals surface area contributed by atoms with Gasteiger partial charge in [0.25, 0.3) is 0 Å². The second kappa shape index (κ2) is 5.25. The SMILES string of the molecule is CC(C)NCC1CCC1N1CCOCC1(C)C. The summed E-state index contributed by atoms with van der Waals surface area (Å²) in [5, 5.41) is 3.59. The van der Waals surface area contributed by atoms with Gasteiger partial charge >= 0.3 is 0 Å².